The van der Waals surface area contributed by atoms with Gasteiger partial charge < -0.3 is 9.84 Å². The van der Waals surface area contributed by atoms with Crippen LogP contribution in [0.3, 0.4) is 0 Å². The Labute approximate surface area is 172 Å². The van der Waals surface area contributed by atoms with Gasteiger partial charge in [0.2, 0.25) is 0 Å². The van der Waals surface area contributed by atoms with E-state index in [1.807, 2.05) is 31.2 Å². The summed E-state index contributed by atoms with van der Waals surface area (Å²) in [4.78, 5) is 19.1. The van der Waals surface area contributed by atoms with E-state index in [2.05, 4.69) is 9.64 Å². The van der Waals surface area contributed by atoms with Crippen LogP contribution < -0.4 is 4.74 Å². The number of carboxylic acid groups (broad SMARTS) is 1. The highest BCUT2D eigenvalue weighted by Gasteiger charge is 2.27. The minimum atomic E-state index is -2.87. The minimum absolute atomic E-state index is 0.0867. The van der Waals surface area contributed by atoms with Gasteiger partial charge in [-0.05, 0) is 42.0 Å². The summed E-state index contributed by atoms with van der Waals surface area (Å²) in [5, 5.41) is 10.6. The van der Waals surface area contributed by atoms with Crippen LogP contribution in [0.25, 0.3) is 22.6 Å². The maximum atomic E-state index is 12.4. The molecular formula is C23H20F2N2O3. The Kier molecular flexibility index (Phi) is 5.46. The lowest BCUT2D eigenvalue weighted by Gasteiger charge is -2.30. The van der Waals surface area contributed by atoms with E-state index in [4.69, 9.17) is 4.98 Å². The molecule has 0 fully saturated rings. The molecule has 0 atom stereocenters. The highest BCUT2D eigenvalue weighted by Crippen LogP contribution is 2.34. The van der Waals surface area contributed by atoms with Gasteiger partial charge in [0.15, 0.2) is 0 Å². The van der Waals surface area contributed by atoms with Crippen molar-refractivity contribution in [3.05, 3.63) is 70.9 Å². The zero-order valence-corrected chi connectivity index (χ0v) is 16.3. The fraction of sp³-hybridized carbons (Fsp3) is 0.217. The van der Waals surface area contributed by atoms with Crippen molar-refractivity contribution in [2.45, 2.75) is 20.1 Å². The first-order valence-electron chi connectivity index (χ1n) is 9.59. The smallest absolute Gasteiger partial charge is 0.387 e. The number of para-hydroxylation sites is 1. The van der Waals surface area contributed by atoms with E-state index in [0.717, 1.165) is 17.7 Å². The SMILES string of the molecule is CCN1C/C(=C/c2ccc(OC(F)F)cc2)c2nc3ccccc3c(C(=O)O)c2C1. The van der Waals surface area contributed by atoms with Crippen LogP contribution in [-0.2, 0) is 6.54 Å². The number of ether oxygens (including phenoxy) is 1. The van der Waals surface area contributed by atoms with Crippen LogP contribution in [0, 0.1) is 0 Å². The van der Waals surface area contributed by atoms with Crippen LogP contribution >= 0.6 is 0 Å². The standard InChI is InChI=1S/C23H20F2N2O3/c1-2-27-12-15(11-14-7-9-16(10-8-14)30-23(24)25)21-18(13-27)20(22(28)29)17-5-3-4-6-19(17)26-21/h3-11,23H,2,12-13H2,1H3,(H,28,29)/b15-11-. The molecule has 1 aliphatic heterocycles. The zero-order chi connectivity index (χ0) is 21.3. The molecule has 1 aromatic heterocycles. The number of carbonyl (C=O) groups is 1. The summed E-state index contributed by atoms with van der Waals surface area (Å²) in [6.45, 7) is 1.02. The van der Waals surface area contributed by atoms with E-state index in [0.29, 0.717) is 35.2 Å². The third-order valence-electron chi connectivity index (χ3n) is 5.18. The van der Waals surface area contributed by atoms with Gasteiger partial charge in [0, 0.05) is 24.0 Å². The molecule has 3 aromatic rings. The fourth-order valence-corrected chi connectivity index (χ4v) is 3.79. The fourth-order valence-electron chi connectivity index (χ4n) is 3.79. The Hall–Kier alpha value is -3.32. The number of benzene rings is 2. The van der Waals surface area contributed by atoms with Crippen LogP contribution in [0.5, 0.6) is 5.75 Å². The average Bonchev–Trinajstić information content (AvgIpc) is 2.72. The van der Waals surface area contributed by atoms with Gasteiger partial charge in [-0.3, -0.25) is 4.90 Å². The summed E-state index contributed by atoms with van der Waals surface area (Å²) >= 11 is 0. The lowest BCUT2D eigenvalue weighted by Crippen LogP contribution is -2.31. The Balaban J connectivity index is 1.85. The molecule has 0 amide bonds. The van der Waals surface area contributed by atoms with Crippen molar-refractivity contribution in [1.82, 2.24) is 9.88 Å². The average molecular weight is 410 g/mol. The summed E-state index contributed by atoms with van der Waals surface area (Å²) in [7, 11) is 0. The van der Waals surface area contributed by atoms with Crippen molar-refractivity contribution >= 4 is 28.5 Å². The molecule has 0 radical (unpaired) electrons. The molecule has 0 aliphatic carbocycles. The topological polar surface area (TPSA) is 62.7 Å². The summed E-state index contributed by atoms with van der Waals surface area (Å²) in [6, 6.07) is 13.6. The molecule has 1 aliphatic rings. The second-order valence-electron chi connectivity index (χ2n) is 7.06. The number of carboxylic acids is 1. The maximum absolute atomic E-state index is 12.4. The van der Waals surface area contributed by atoms with Crippen LogP contribution in [0.4, 0.5) is 8.78 Å². The molecular weight excluding hydrogens is 390 g/mol. The van der Waals surface area contributed by atoms with Crippen molar-refractivity contribution in [1.29, 1.82) is 0 Å². The van der Waals surface area contributed by atoms with E-state index in [1.54, 1.807) is 18.2 Å². The number of aromatic nitrogens is 1. The van der Waals surface area contributed by atoms with Gasteiger partial charge in [0.05, 0.1) is 16.8 Å². The minimum Gasteiger partial charge on any atom is -0.478 e. The molecule has 4 rings (SSSR count). The molecule has 0 unspecified atom stereocenters. The van der Waals surface area contributed by atoms with Crippen LogP contribution in [0.15, 0.2) is 48.5 Å². The number of pyridine rings is 1. The van der Waals surface area contributed by atoms with E-state index in [9.17, 15) is 18.7 Å². The first kappa shape index (κ1) is 20.0. The molecule has 5 nitrogen and oxygen atoms in total. The Morgan fingerprint density at radius 3 is 2.60 bits per heavy atom. The van der Waals surface area contributed by atoms with Crippen LogP contribution in [0.1, 0.15) is 34.1 Å². The van der Waals surface area contributed by atoms with Gasteiger partial charge in [0.25, 0.3) is 0 Å². The van der Waals surface area contributed by atoms with Gasteiger partial charge in [-0.1, -0.05) is 37.3 Å². The molecule has 0 saturated carbocycles. The molecule has 0 spiro atoms. The number of fused-ring (bicyclic) bond motifs is 2. The summed E-state index contributed by atoms with van der Waals surface area (Å²) in [6.07, 6.45) is 1.92. The summed E-state index contributed by atoms with van der Waals surface area (Å²) < 4.78 is 29.2. The van der Waals surface area contributed by atoms with Crippen molar-refractivity contribution in [3.63, 3.8) is 0 Å². The molecule has 30 heavy (non-hydrogen) atoms. The molecule has 1 N–H and O–H groups in total. The Morgan fingerprint density at radius 1 is 1.20 bits per heavy atom. The predicted molar refractivity (Wildman–Crippen MR) is 111 cm³/mol. The molecule has 2 aromatic carbocycles. The molecule has 154 valence electrons. The summed E-state index contributed by atoms with van der Waals surface area (Å²) in [5.74, 6) is -0.890. The van der Waals surface area contributed by atoms with Crippen LogP contribution in [-0.4, -0.2) is 40.7 Å². The Bertz CT molecular complexity index is 1130. The van der Waals surface area contributed by atoms with E-state index in [-0.39, 0.29) is 11.3 Å². The van der Waals surface area contributed by atoms with Gasteiger partial charge in [-0.25, -0.2) is 9.78 Å². The lowest BCUT2D eigenvalue weighted by molar-refractivity contribution is -0.0498. The predicted octanol–water partition coefficient (Wildman–Crippen LogP) is 4.91. The third kappa shape index (κ3) is 3.89. The second kappa shape index (κ2) is 8.20. The highest BCUT2D eigenvalue weighted by molar-refractivity contribution is 6.06. The first-order valence-corrected chi connectivity index (χ1v) is 9.59. The lowest BCUT2D eigenvalue weighted by atomic mass is 9.92. The number of halogens is 2. The molecule has 7 heteroatoms. The quantitative estimate of drug-likeness (QED) is 0.648. The van der Waals surface area contributed by atoms with Crippen molar-refractivity contribution in [2.24, 2.45) is 0 Å². The normalized spacial score (nSPS) is 15.5. The first-order chi connectivity index (χ1) is 14.5. The number of alkyl halides is 2. The molecule has 2 heterocycles. The van der Waals surface area contributed by atoms with Gasteiger partial charge in [0.1, 0.15) is 5.75 Å². The number of hydrogen-bond donors (Lipinski definition) is 1. The van der Waals surface area contributed by atoms with E-state index in [1.165, 1.54) is 12.1 Å². The van der Waals surface area contributed by atoms with Gasteiger partial charge in [-0.2, -0.15) is 8.78 Å². The van der Waals surface area contributed by atoms with E-state index < -0.39 is 12.6 Å². The zero-order valence-electron chi connectivity index (χ0n) is 16.3. The molecule has 0 bridgehead atoms. The number of hydrogen-bond acceptors (Lipinski definition) is 4. The number of aromatic carboxylic acids is 1. The number of nitrogens with zero attached hydrogens (tertiary/aromatic N) is 2. The van der Waals surface area contributed by atoms with Gasteiger partial charge in [-0.15, -0.1) is 0 Å². The largest absolute Gasteiger partial charge is 0.478 e. The molecule has 0 saturated heterocycles. The van der Waals surface area contributed by atoms with Crippen molar-refractivity contribution in [3.8, 4) is 5.75 Å². The maximum Gasteiger partial charge on any atom is 0.387 e. The number of likely N-dealkylation sites (N-methyl/N-ethyl adjacent to an activating group) is 1. The second-order valence-corrected chi connectivity index (χ2v) is 7.06. The summed E-state index contributed by atoms with van der Waals surface area (Å²) in [5.41, 5.74) is 3.95. The Morgan fingerprint density at radius 2 is 1.93 bits per heavy atom. The van der Waals surface area contributed by atoms with Gasteiger partial charge >= 0.3 is 12.6 Å². The van der Waals surface area contributed by atoms with Crippen molar-refractivity contribution < 1.29 is 23.4 Å². The number of rotatable bonds is 5. The third-order valence-corrected chi connectivity index (χ3v) is 5.18. The highest BCUT2D eigenvalue weighted by atomic mass is 19.3. The monoisotopic (exact) mass is 410 g/mol. The van der Waals surface area contributed by atoms with Crippen LogP contribution in [0.2, 0.25) is 0 Å². The van der Waals surface area contributed by atoms with Crippen molar-refractivity contribution in [2.75, 3.05) is 13.1 Å². The van der Waals surface area contributed by atoms with E-state index >= 15 is 0 Å².